The Morgan fingerprint density at radius 2 is 1.74 bits per heavy atom. The maximum absolute atomic E-state index is 13.9. The normalized spacial score (nSPS) is 18.1. The van der Waals surface area contributed by atoms with Gasteiger partial charge in [0.1, 0.15) is 11.8 Å². The summed E-state index contributed by atoms with van der Waals surface area (Å²) < 4.78 is 46.6. The number of halogens is 3. The van der Waals surface area contributed by atoms with E-state index in [1.807, 2.05) is 60.6 Å². The fourth-order valence-corrected chi connectivity index (χ4v) is 4.64. The highest BCUT2D eigenvalue weighted by molar-refractivity contribution is 5.92. The molecule has 1 aliphatic rings. The monoisotopic (exact) mass is 533 g/mol. The van der Waals surface area contributed by atoms with E-state index in [-0.39, 0.29) is 18.0 Å². The average molecular weight is 534 g/mol. The number of nitrogens with zero attached hydrogens (tertiary/aromatic N) is 2. The van der Waals surface area contributed by atoms with Gasteiger partial charge in [0.25, 0.3) is 5.91 Å². The van der Waals surface area contributed by atoms with E-state index >= 15 is 0 Å². The highest BCUT2D eigenvalue weighted by Gasteiger charge is 2.43. The minimum Gasteiger partial charge on any atom is -0.480 e. The number of hydrogen-bond acceptors (Lipinski definition) is 4. The molecule has 0 aliphatic carbocycles. The summed E-state index contributed by atoms with van der Waals surface area (Å²) in [6.45, 7) is 14.6. The van der Waals surface area contributed by atoms with Gasteiger partial charge in [-0.2, -0.15) is 13.2 Å². The summed E-state index contributed by atoms with van der Waals surface area (Å²) in [5.41, 5.74) is 0.242. The first-order chi connectivity index (χ1) is 17.7. The van der Waals surface area contributed by atoms with Gasteiger partial charge in [-0.05, 0) is 64.3 Å². The molecule has 1 heterocycles. The number of ether oxygens (including phenoxy) is 1. The van der Waals surface area contributed by atoms with E-state index in [2.05, 4.69) is 10.2 Å². The van der Waals surface area contributed by atoms with Crippen molar-refractivity contribution in [2.75, 3.05) is 18.0 Å². The first-order valence-electron chi connectivity index (χ1n) is 13.0. The van der Waals surface area contributed by atoms with Crippen molar-refractivity contribution in [2.24, 2.45) is 5.92 Å². The van der Waals surface area contributed by atoms with Crippen LogP contribution in [0.3, 0.4) is 0 Å². The molecule has 9 heteroatoms. The number of amides is 2. The van der Waals surface area contributed by atoms with Crippen LogP contribution in [0.1, 0.15) is 71.2 Å². The van der Waals surface area contributed by atoms with Gasteiger partial charge in [-0.25, -0.2) is 0 Å². The van der Waals surface area contributed by atoms with Crippen LogP contribution < -0.4 is 15.0 Å². The van der Waals surface area contributed by atoms with Crippen LogP contribution in [0.2, 0.25) is 0 Å². The molecule has 38 heavy (non-hydrogen) atoms. The summed E-state index contributed by atoms with van der Waals surface area (Å²) in [6.07, 6.45) is -5.45. The lowest BCUT2D eigenvalue weighted by Crippen LogP contribution is -2.51. The molecule has 1 N–H and O–H groups in total. The molecule has 0 fully saturated rings. The van der Waals surface area contributed by atoms with E-state index < -0.39 is 41.2 Å². The number of alkyl halides is 3. The third-order valence-corrected chi connectivity index (χ3v) is 6.47. The Labute approximate surface area is 223 Å². The fourth-order valence-electron chi connectivity index (χ4n) is 4.64. The molecule has 3 rings (SSSR count). The molecule has 208 valence electrons. The van der Waals surface area contributed by atoms with E-state index in [0.717, 1.165) is 30.9 Å². The lowest BCUT2D eigenvalue weighted by atomic mass is 9.98. The Morgan fingerprint density at radius 1 is 1.08 bits per heavy atom. The number of benzene rings is 2. The van der Waals surface area contributed by atoms with Gasteiger partial charge in [-0.15, -0.1) is 0 Å². The van der Waals surface area contributed by atoms with Crippen LogP contribution >= 0.6 is 0 Å². The molecule has 2 aromatic carbocycles. The Hall–Kier alpha value is -3.23. The molecule has 2 amide bonds. The molecule has 2 atom stereocenters. The van der Waals surface area contributed by atoms with Crippen LogP contribution in [-0.2, 0) is 22.3 Å². The van der Waals surface area contributed by atoms with Crippen molar-refractivity contribution in [1.29, 1.82) is 0 Å². The second-order valence-electron chi connectivity index (χ2n) is 11.0. The zero-order valence-electron chi connectivity index (χ0n) is 23.1. The third-order valence-electron chi connectivity index (χ3n) is 6.47. The van der Waals surface area contributed by atoms with E-state index in [0.29, 0.717) is 11.3 Å². The number of carbonyl (C=O) groups is 2. The van der Waals surface area contributed by atoms with Gasteiger partial charge in [-0.1, -0.05) is 32.0 Å². The van der Waals surface area contributed by atoms with Crippen LogP contribution in [0.25, 0.3) is 0 Å². The number of rotatable bonds is 7. The van der Waals surface area contributed by atoms with Crippen molar-refractivity contribution in [3.05, 3.63) is 59.2 Å². The van der Waals surface area contributed by atoms with E-state index in [1.54, 1.807) is 6.07 Å². The summed E-state index contributed by atoms with van der Waals surface area (Å²) >= 11 is 0. The first-order valence-corrected chi connectivity index (χ1v) is 13.0. The van der Waals surface area contributed by atoms with Crippen molar-refractivity contribution in [3.8, 4) is 5.75 Å². The molecule has 0 bridgehead atoms. The van der Waals surface area contributed by atoms with Crippen molar-refractivity contribution >= 4 is 17.5 Å². The van der Waals surface area contributed by atoms with Crippen LogP contribution in [0.5, 0.6) is 5.75 Å². The number of nitrogens with one attached hydrogen (secondary N) is 1. The maximum Gasteiger partial charge on any atom is 0.416 e. The van der Waals surface area contributed by atoms with Crippen LogP contribution in [0, 0.1) is 5.92 Å². The van der Waals surface area contributed by atoms with Crippen molar-refractivity contribution in [1.82, 2.24) is 10.2 Å². The number of fused-ring (bicyclic) bond motifs is 1. The Morgan fingerprint density at radius 3 is 2.29 bits per heavy atom. The first kappa shape index (κ1) is 29.3. The van der Waals surface area contributed by atoms with Crippen LogP contribution in [-0.4, -0.2) is 41.4 Å². The SMILES string of the molecule is CCN(CC)c1ccc2c(c1)OC(C(C)C)C(=O)N(Cc1cccc(C(F)(F)F)c1)C2C(=O)NC(C)(C)C. The van der Waals surface area contributed by atoms with Crippen LogP contribution in [0.4, 0.5) is 18.9 Å². The van der Waals surface area contributed by atoms with Gasteiger partial charge in [-0.3, -0.25) is 9.59 Å². The highest BCUT2D eigenvalue weighted by Crippen LogP contribution is 2.40. The Balaban J connectivity index is 2.20. The van der Waals surface area contributed by atoms with Gasteiger partial charge in [0, 0.05) is 42.5 Å². The standard InChI is InChI=1S/C29H38F3N3O3/c1-8-34(9-2)21-13-14-22-23(16-21)38-25(18(3)4)27(37)35(24(22)26(36)33-28(5,6)7)17-19-11-10-12-20(15-19)29(30,31)32/h10-16,18,24-25H,8-9,17H2,1-7H3,(H,33,36). The number of hydrogen-bond donors (Lipinski definition) is 1. The van der Waals surface area contributed by atoms with Gasteiger partial charge in [0.2, 0.25) is 5.91 Å². The second kappa shape index (κ2) is 11.3. The second-order valence-corrected chi connectivity index (χ2v) is 11.0. The molecule has 0 saturated heterocycles. The fraction of sp³-hybridized carbons (Fsp3) is 0.517. The molecule has 1 aliphatic heterocycles. The molecule has 0 aromatic heterocycles. The lowest BCUT2D eigenvalue weighted by Gasteiger charge is -2.33. The summed E-state index contributed by atoms with van der Waals surface area (Å²) in [5, 5.41) is 2.95. The molecule has 2 unspecified atom stereocenters. The zero-order valence-corrected chi connectivity index (χ0v) is 23.1. The number of anilines is 1. The molecule has 0 spiro atoms. The molecular formula is C29H38F3N3O3. The average Bonchev–Trinajstić information content (AvgIpc) is 2.93. The van der Waals surface area contributed by atoms with Gasteiger partial charge in [0.05, 0.1) is 5.56 Å². The zero-order chi connectivity index (χ0) is 28.4. The van der Waals surface area contributed by atoms with Crippen LogP contribution in [0.15, 0.2) is 42.5 Å². The predicted octanol–water partition coefficient (Wildman–Crippen LogP) is 5.95. The summed E-state index contributed by atoms with van der Waals surface area (Å²) in [6, 6.07) is 9.26. The van der Waals surface area contributed by atoms with E-state index in [4.69, 9.17) is 4.74 Å². The smallest absolute Gasteiger partial charge is 0.416 e. The molecule has 0 radical (unpaired) electrons. The lowest BCUT2D eigenvalue weighted by molar-refractivity contribution is -0.147. The quantitative estimate of drug-likeness (QED) is 0.478. The maximum atomic E-state index is 13.9. The molecule has 6 nitrogen and oxygen atoms in total. The predicted molar refractivity (Wildman–Crippen MR) is 142 cm³/mol. The van der Waals surface area contributed by atoms with Gasteiger partial charge >= 0.3 is 6.18 Å². The minimum atomic E-state index is -4.53. The Bertz CT molecular complexity index is 1150. The number of carbonyl (C=O) groups excluding carboxylic acids is 2. The van der Waals surface area contributed by atoms with E-state index in [1.165, 1.54) is 17.0 Å². The third kappa shape index (κ3) is 6.60. The largest absolute Gasteiger partial charge is 0.480 e. The topological polar surface area (TPSA) is 61.9 Å². The van der Waals surface area contributed by atoms with Gasteiger partial charge < -0.3 is 19.9 Å². The van der Waals surface area contributed by atoms with Crippen molar-refractivity contribution in [2.45, 2.75) is 78.9 Å². The van der Waals surface area contributed by atoms with Crippen molar-refractivity contribution < 1.29 is 27.5 Å². The van der Waals surface area contributed by atoms with Crippen molar-refractivity contribution in [3.63, 3.8) is 0 Å². The molecule has 0 saturated carbocycles. The highest BCUT2D eigenvalue weighted by atomic mass is 19.4. The van der Waals surface area contributed by atoms with E-state index in [9.17, 15) is 22.8 Å². The summed E-state index contributed by atoms with van der Waals surface area (Å²) in [7, 11) is 0. The summed E-state index contributed by atoms with van der Waals surface area (Å²) in [4.78, 5) is 31.2. The summed E-state index contributed by atoms with van der Waals surface area (Å²) in [5.74, 6) is -0.710. The Kier molecular flexibility index (Phi) is 8.68. The minimum absolute atomic E-state index is 0.186. The van der Waals surface area contributed by atoms with Gasteiger partial charge in [0.15, 0.2) is 6.10 Å². The molecular weight excluding hydrogens is 495 g/mol. The molecule has 2 aromatic rings.